The third-order valence-electron chi connectivity index (χ3n) is 5.49. The molecule has 1 saturated carbocycles. The fraction of sp³-hybridized carbons (Fsp3) is 0.350. The molecular weight excluding hydrogens is 434 g/mol. The van der Waals surface area contributed by atoms with Gasteiger partial charge in [0.15, 0.2) is 21.3 Å². The third-order valence-corrected chi connectivity index (χ3v) is 8.41. The van der Waals surface area contributed by atoms with Gasteiger partial charge in [0.05, 0.1) is 27.2 Å². The maximum atomic E-state index is 13.5. The first-order valence-electron chi connectivity index (χ1n) is 9.09. The zero-order valence-electron chi connectivity index (χ0n) is 15.6. The Bertz CT molecular complexity index is 1060. The van der Waals surface area contributed by atoms with Gasteiger partial charge in [-0.2, -0.15) is 0 Å². The second-order valence-electron chi connectivity index (χ2n) is 7.05. The molecule has 1 aliphatic carbocycles. The number of fused-ring (bicyclic) bond motifs is 1. The highest BCUT2D eigenvalue weighted by Crippen LogP contribution is 2.65. The predicted molar refractivity (Wildman–Crippen MR) is 113 cm³/mol. The molecule has 2 N–H and O–H groups in total. The van der Waals surface area contributed by atoms with Gasteiger partial charge in [0.2, 0.25) is 6.79 Å². The van der Waals surface area contributed by atoms with Crippen LogP contribution in [0.5, 0.6) is 11.5 Å². The van der Waals surface area contributed by atoms with Crippen LogP contribution >= 0.6 is 23.8 Å². The maximum absolute atomic E-state index is 13.5. The van der Waals surface area contributed by atoms with Crippen molar-refractivity contribution >= 4 is 38.6 Å². The molecule has 0 radical (unpaired) electrons. The highest BCUT2D eigenvalue weighted by atomic mass is 35.5. The van der Waals surface area contributed by atoms with Crippen LogP contribution in [-0.4, -0.2) is 38.7 Å². The summed E-state index contributed by atoms with van der Waals surface area (Å²) in [6.45, 7) is 2.52. The average molecular weight is 454 g/mol. The summed E-state index contributed by atoms with van der Waals surface area (Å²) >= 11 is 11.3. The number of sulfone groups is 1. The van der Waals surface area contributed by atoms with Crippen molar-refractivity contribution < 1.29 is 22.6 Å². The molecule has 6 nitrogen and oxygen atoms in total. The minimum atomic E-state index is -3.76. The van der Waals surface area contributed by atoms with Gasteiger partial charge in [-0.25, -0.2) is 8.42 Å². The summed E-state index contributed by atoms with van der Waals surface area (Å²) in [5, 5.41) is -0.386. The Hall–Kier alpha value is -1.87. The molecule has 1 aliphatic heterocycles. The minimum Gasteiger partial charge on any atom is -0.454 e. The summed E-state index contributed by atoms with van der Waals surface area (Å²) in [5.41, 5.74) is 5.88. The van der Waals surface area contributed by atoms with Crippen molar-refractivity contribution in [2.45, 2.75) is 23.0 Å². The van der Waals surface area contributed by atoms with E-state index in [0.29, 0.717) is 23.1 Å². The van der Waals surface area contributed by atoms with Gasteiger partial charge in [0.1, 0.15) is 0 Å². The van der Waals surface area contributed by atoms with Gasteiger partial charge in [-0.1, -0.05) is 29.9 Å². The van der Waals surface area contributed by atoms with E-state index >= 15 is 0 Å². The second kappa shape index (κ2) is 7.43. The van der Waals surface area contributed by atoms with E-state index in [1.807, 2.05) is 13.0 Å². The molecule has 0 aromatic heterocycles. The van der Waals surface area contributed by atoms with Crippen molar-refractivity contribution in [1.29, 1.82) is 0 Å². The number of nitrogens with two attached hydrogens (primary N) is 1. The van der Waals surface area contributed by atoms with Crippen LogP contribution in [0.25, 0.3) is 0 Å². The van der Waals surface area contributed by atoms with Gasteiger partial charge in [0.25, 0.3) is 0 Å². The first-order valence-corrected chi connectivity index (χ1v) is 11.4. The molecule has 154 valence electrons. The van der Waals surface area contributed by atoms with E-state index in [2.05, 4.69) is 0 Å². The Morgan fingerprint density at radius 2 is 1.93 bits per heavy atom. The van der Waals surface area contributed by atoms with Crippen molar-refractivity contribution in [1.82, 2.24) is 0 Å². The molecule has 4 rings (SSSR count). The summed E-state index contributed by atoms with van der Waals surface area (Å²) in [6.07, 6.45) is 0. The van der Waals surface area contributed by atoms with Crippen LogP contribution in [0, 0.1) is 5.41 Å². The van der Waals surface area contributed by atoms with E-state index in [1.165, 1.54) is 12.1 Å². The van der Waals surface area contributed by atoms with E-state index < -0.39 is 26.4 Å². The predicted octanol–water partition coefficient (Wildman–Crippen LogP) is 3.32. The molecule has 0 saturated heterocycles. The van der Waals surface area contributed by atoms with Gasteiger partial charge in [-0.05, 0) is 48.9 Å². The molecule has 9 heteroatoms. The standard InChI is InChI=1S/C20H20ClNO5S2/c1-2-25-10-20(19(22)28)17(12-3-8-15-16(9-12)27-11-26-15)18(20)29(23,24)14-6-4-13(21)5-7-14/h3-9,17-18H,2,10-11H2,1H3,(H2,22,28)/t17-,18-,20-/m0/s1. The quantitative estimate of drug-likeness (QED) is 0.643. The number of halogens is 1. The lowest BCUT2D eigenvalue weighted by atomic mass is 9.99. The molecule has 2 aromatic carbocycles. The van der Waals surface area contributed by atoms with Crippen molar-refractivity contribution in [2.24, 2.45) is 11.1 Å². The molecule has 3 atom stereocenters. The van der Waals surface area contributed by atoms with Crippen LogP contribution in [0.15, 0.2) is 47.4 Å². The first-order chi connectivity index (χ1) is 13.8. The van der Waals surface area contributed by atoms with Crippen LogP contribution in [0.3, 0.4) is 0 Å². The third kappa shape index (κ3) is 3.28. The first kappa shape index (κ1) is 20.4. The SMILES string of the molecule is CCOC[C@]1(C(N)=S)[C@@H](c2ccc3c(c2)OCO3)[C@@H]1S(=O)(=O)c1ccc(Cl)cc1. The zero-order valence-corrected chi connectivity index (χ0v) is 18.0. The topological polar surface area (TPSA) is 87.8 Å². The maximum Gasteiger partial charge on any atom is 0.231 e. The number of ether oxygens (including phenoxy) is 3. The molecule has 0 bridgehead atoms. The minimum absolute atomic E-state index is 0.120. The Kier molecular flexibility index (Phi) is 5.23. The summed E-state index contributed by atoms with van der Waals surface area (Å²) in [6, 6.07) is 11.5. The molecule has 0 unspecified atom stereocenters. The Morgan fingerprint density at radius 3 is 2.59 bits per heavy atom. The molecule has 2 aromatic rings. The molecule has 2 aliphatic rings. The lowest BCUT2D eigenvalue weighted by Gasteiger charge is -2.17. The molecule has 0 spiro atoms. The van der Waals surface area contributed by atoms with E-state index in [1.54, 1.807) is 24.3 Å². The van der Waals surface area contributed by atoms with Crippen LogP contribution in [0.1, 0.15) is 18.4 Å². The fourth-order valence-electron chi connectivity index (χ4n) is 4.02. The lowest BCUT2D eigenvalue weighted by molar-refractivity contribution is 0.121. The van der Waals surface area contributed by atoms with Crippen LogP contribution < -0.4 is 15.2 Å². The summed E-state index contributed by atoms with van der Waals surface area (Å²) in [7, 11) is -3.76. The molecule has 0 amide bonds. The average Bonchev–Trinajstić information content (AvgIpc) is 3.18. The van der Waals surface area contributed by atoms with Crippen molar-refractivity contribution in [3.8, 4) is 11.5 Å². The Balaban J connectivity index is 1.80. The Morgan fingerprint density at radius 1 is 1.24 bits per heavy atom. The van der Waals surface area contributed by atoms with Gasteiger partial charge in [0, 0.05) is 17.5 Å². The normalized spacial score (nSPS) is 25.0. The van der Waals surface area contributed by atoms with Gasteiger partial charge in [-0.3, -0.25) is 0 Å². The molecule has 1 heterocycles. The molecular formula is C20H20ClNO5S2. The van der Waals surface area contributed by atoms with E-state index in [0.717, 1.165) is 5.56 Å². The number of thiocarbonyl (C=S) groups is 1. The van der Waals surface area contributed by atoms with Crippen molar-refractivity contribution in [3.63, 3.8) is 0 Å². The number of rotatable bonds is 7. The van der Waals surface area contributed by atoms with Gasteiger partial charge < -0.3 is 19.9 Å². The zero-order chi connectivity index (χ0) is 20.8. The van der Waals surface area contributed by atoms with E-state index in [-0.39, 0.29) is 23.3 Å². The monoisotopic (exact) mass is 453 g/mol. The lowest BCUT2D eigenvalue weighted by Crippen LogP contribution is -2.33. The number of hydrogen-bond donors (Lipinski definition) is 1. The Labute approximate surface area is 179 Å². The van der Waals surface area contributed by atoms with Crippen LogP contribution in [0.4, 0.5) is 0 Å². The van der Waals surface area contributed by atoms with Crippen LogP contribution in [0.2, 0.25) is 5.02 Å². The largest absolute Gasteiger partial charge is 0.454 e. The van der Waals surface area contributed by atoms with Gasteiger partial charge >= 0.3 is 0 Å². The highest BCUT2D eigenvalue weighted by Gasteiger charge is 2.73. The van der Waals surface area contributed by atoms with Crippen molar-refractivity contribution in [3.05, 3.63) is 53.1 Å². The smallest absolute Gasteiger partial charge is 0.231 e. The van der Waals surface area contributed by atoms with E-state index in [9.17, 15) is 8.42 Å². The number of hydrogen-bond acceptors (Lipinski definition) is 6. The molecule has 1 fully saturated rings. The summed E-state index contributed by atoms with van der Waals surface area (Å²) < 4.78 is 43.5. The van der Waals surface area contributed by atoms with E-state index in [4.69, 9.17) is 43.8 Å². The van der Waals surface area contributed by atoms with Crippen molar-refractivity contribution in [2.75, 3.05) is 20.0 Å². The molecule has 29 heavy (non-hydrogen) atoms. The fourth-order valence-corrected chi connectivity index (χ4v) is 6.92. The highest BCUT2D eigenvalue weighted by molar-refractivity contribution is 7.92. The van der Waals surface area contributed by atoms with Gasteiger partial charge in [-0.15, -0.1) is 0 Å². The number of benzene rings is 2. The summed E-state index contributed by atoms with van der Waals surface area (Å²) in [4.78, 5) is 0.295. The second-order valence-corrected chi connectivity index (χ2v) is 10.00. The van der Waals surface area contributed by atoms with Crippen LogP contribution in [-0.2, 0) is 14.6 Å². The summed E-state index contributed by atoms with van der Waals surface area (Å²) in [5.74, 6) is 0.740.